The fourth-order valence-corrected chi connectivity index (χ4v) is 11.0. The minimum Gasteiger partial charge on any atom is -0.456 e. The summed E-state index contributed by atoms with van der Waals surface area (Å²) in [5.41, 5.74) is 18.0. The Morgan fingerprint density at radius 3 is 1.52 bits per heavy atom. The van der Waals surface area contributed by atoms with Crippen molar-refractivity contribution in [1.82, 2.24) is 4.57 Å². The van der Waals surface area contributed by atoms with Gasteiger partial charge in [0.15, 0.2) is 0 Å². The van der Waals surface area contributed by atoms with Gasteiger partial charge in [-0.1, -0.05) is 188 Å². The highest BCUT2D eigenvalue weighted by Crippen LogP contribution is 2.43. The van der Waals surface area contributed by atoms with Crippen molar-refractivity contribution in [2.24, 2.45) is 0 Å². The zero-order chi connectivity index (χ0) is 46.8. The van der Waals surface area contributed by atoms with Crippen LogP contribution in [-0.2, 0) is 0 Å². The Morgan fingerprint density at radius 2 is 0.803 bits per heavy atom. The van der Waals surface area contributed by atoms with Gasteiger partial charge in [0.05, 0.1) is 11.0 Å². The van der Waals surface area contributed by atoms with Crippen LogP contribution in [0, 0.1) is 0 Å². The van der Waals surface area contributed by atoms with Crippen LogP contribution in [0.2, 0.25) is 0 Å². The molecule has 0 fully saturated rings. The first kappa shape index (κ1) is 40.6. The lowest BCUT2D eigenvalue weighted by Gasteiger charge is -2.26. The summed E-state index contributed by atoms with van der Waals surface area (Å²) >= 11 is 0. The zero-order valence-corrected chi connectivity index (χ0v) is 38.7. The molecule has 0 atom stereocenters. The van der Waals surface area contributed by atoms with Gasteiger partial charge in [0.25, 0.3) is 0 Å². The number of rotatable bonds is 8. The van der Waals surface area contributed by atoms with E-state index in [1.807, 2.05) is 12.1 Å². The van der Waals surface area contributed by atoms with Crippen molar-refractivity contribution in [1.29, 1.82) is 0 Å². The number of para-hydroxylation sites is 3. The molecule has 0 saturated heterocycles. The van der Waals surface area contributed by atoms with E-state index in [1.165, 1.54) is 71.2 Å². The molecule has 0 aliphatic heterocycles. The fourth-order valence-electron chi connectivity index (χ4n) is 11.0. The number of fused-ring (bicyclic) bond motifs is 9. The molecular formula is C68H44N2O. The molecule has 0 radical (unpaired) electrons. The molecule has 3 heteroatoms. The zero-order valence-electron chi connectivity index (χ0n) is 38.7. The number of benzene rings is 12. The minimum absolute atomic E-state index is 0.895. The van der Waals surface area contributed by atoms with Crippen LogP contribution in [0.5, 0.6) is 0 Å². The van der Waals surface area contributed by atoms with E-state index in [9.17, 15) is 0 Å². The van der Waals surface area contributed by atoms with Gasteiger partial charge in [-0.05, 0) is 145 Å². The van der Waals surface area contributed by atoms with Gasteiger partial charge in [0.2, 0.25) is 0 Å². The number of furan rings is 1. The van der Waals surface area contributed by atoms with Crippen LogP contribution in [0.3, 0.4) is 0 Å². The summed E-state index contributed by atoms with van der Waals surface area (Å²) < 4.78 is 8.67. The van der Waals surface area contributed by atoms with E-state index >= 15 is 0 Å². The van der Waals surface area contributed by atoms with Gasteiger partial charge in [0.1, 0.15) is 11.2 Å². The van der Waals surface area contributed by atoms with E-state index in [1.54, 1.807) is 0 Å². The van der Waals surface area contributed by atoms with Crippen molar-refractivity contribution in [3.63, 3.8) is 0 Å². The first-order valence-corrected chi connectivity index (χ1v) is 24.3. The Hall–Kier alpha value is -9.44. The molecule has 0 N–H and O–H groups in total. The SMILES string of the molecule is c1cc(-c2cc3ccccc3c3ccccc23)cc(N(c2ccc(-c3ccc(-c4cccc(-n5c6ccccc6c6ccccc65)c4)cc3)cc2)c2ccc(-c3cccc4oc5ccccc5c34)cc2)c1. The van der Waals surface area contributed by atoms with E-state index < -0.39 is 0 Å². The lowest BCUT2D eigenvalue weighted by molar-refractivity contribution is 0.669. The molecule has 0 aliphatic carbocycles. The molecule has 14 rings (SSSR count). The molecule has 3 nitrogen and oxygen atoms in total. The third-order valence-corrected chi connectivity index (χ3v) is 14.4. The minimum atomic E-state index is 0.895. The van der Waals surface area contributed by atoms with Crippen molar-refractivity contribution >= 4 is 82.4 Å². The molecule has 0 bridgehead atoms. The standard InChI is InChI=1S/C68H44N2O/c1-2-19-56-51(14-1)44-63(59-21-4-3-20-58(56)59)50-16-12-17-54(43-50)69(53-40-36-48(37-41-53)57-25-13-29-67-68(57)62-24-7-10-28-66(62)71-67)52-38-34-46(35-39-52)45-30-32-47(33-31-45)49-15-11-18-55(42-49)70-64-26-8-5-22-60(64)61-23-6-9-27-65(61)70/h1-44H. The van der Waals surface area contributed by atoms with Gasteiger partial charge < -0.3 is 13.9 Å². The molecule has 71 heavy (non-hydrogen) atoms. The van der Waals surface area contributed by atoms with Gasteiger partial charge in [-0.25, -0.2) is 0 Å². The van der Waals surface area contributed by atoms with E-state index in [0.29, 0.717) is 0 Å². The summed E-state index contributed by atoms with van der Waals surface area (Å²) in [5, 5.41) is 9.80. The van der Waals surface area contributed by atoms with Crippen LogP contribution in [-0.4, -0.2) is 4.57 Å². The fraction of sp³-hybridized carbons (Fsp3) is 0. The maximum Gasteiger partial charge on any atom is 0.136 e. The summed E-state index contributed by atoms with van der Waals surface area (Å²) in [5.74, 6) is 0. The molecule has 0 aliphatic rings. The predicted octanol–water partition coefficient (Wildman–Crippen LogP) is 19.1. The molecular weight excluding hydrogens is 861 g/mol. The number of anilines is 3. The van der Waals surface area contributed by atoms with Crippen LogP contribution < -0.4 is 4.90 Å². The largest absolute Gasteiger partial charge is 0.456 e. The number of hydrogen-bond acceptors (Lipinski definition) is 2. The molecule has 2 aromatic heterocycles. The molecule has 14 aromatic rings. The number of hydrogen-bond donors (Lipinski definition) is 0. The molecule has 332 valence electrons. The average Bonchev–Trinajstić information content (AvgIpc) is 4.00. The second-order valence-corrected chi connectivity index (χ2v) is 18.4. The van der Waals surface area contributed by atoms with E-state index in [0.717, 1.165) is 61.4 Å². The Bertz CT molecular complexity index is 4280. The number of nitrogens with zero attached hydrogens (tertiary/aromatic N) is 2. The highest BCUT2D eigenvalue weighted by molar-refractivity contribution is 6.15. The summed E-state index contributed by atoms with van der Waals surface area (Å²) in [6.07, 6.45) is 0. The van der Waals surface area contributed by atoms with E-state index in [4.69, 9.17) is 4.42 Å². The number of aromatic nitrogens is 1. The van der Waals surface area contributed by atoms with Gasteiger partial charge in [0, 0.05) is 44.3 Å². The topological polar surface area (TPSA) is 21.3 Å². The monoisotopic (exact) mass is 904 g/mol. The van der Waals surface area contributed by atoms with Crippen LogP contribution in [0.4, 0.5) is 17.1 Å². The van der Waals surface area contributed by atoms with Gasteiger partial charge in [-0.3, -0.25) is 0 Å². The third-order valence-electron chi connectivity index (χ3n) is 14.4. The molecule has 2 heterocycles. The van der Waals surface area contributed by atoms with Gasteiger partial charge in [-0.2, -0.15) is 0 Å². The molecule has 0 unspecified atom stereocenters. The van der Waals surface area contributed by atoms with Crippen molar-refractivity contribution in [2.45, 2.75) is 0 Å². The maximum atomic E-state index is 6.29. The molecule has 0 amide bonds. The van der Waals surface area contributed by atoms with Crippen molar-refractivity contribution in [3.8, 4) is 50.2 Å². The van der Waals surface area contributed by atoms with Crippen molar-refractivity contribution in [3.05, 3.63) is 267 Å². The molecule has 0 spiro atoms. The average molecular weight is 905 g/mol. The summed E-state index contributed by atoms with van der Waals surface area (Å²) in [4.78, 5) is 2.38. The highest BCUT2D eigenvalue weighted by atomic mass is 16.3. The van der Waals surface area contributed by atoms with Crippen LogP contribution in [0.25, 0.3) is 115 Å². The van der Waals surface area contributed by atoms with Crippen LogP contribution in [0.1, 0.15) is 0 Å². The smallest absolute Gasteiger partial charge is 0.136 e. The quantitative estimate of drug-likeness (QED) is 0.142. The van der Waals surface area contributed by atoms with E-state index in [-0.39, 0.29) is 0 Å². The molecule has 12 aromatic carbocycles. The summed E-state index contributed by atoms with van der Waals surface area (Å²) in [7, 11) is 0. The first-order valence-electron chi connectivity index (χ1n) is 24.3. The maximum absolute atomic E-state index is 6.29. The van der Waals surface area contributed by atoms with Gasteiger partial charge in [-0.15, -0.1) is 0 Å². The Kier molecular flexibility index (Phi) is 9.53. The first-order chi connectivity index (χ1) is 35.2. The third kappa shape index (κ3) is 6.89. The summed E-state index contributed by atoms with van der Waals surface area (Å²) in [6.45, 7) is 0. The lowest BCUT2D eigenvalue weighted by atomic mass is 9.93. The van der Waals surface area contributed by atoms with Gasteiger partial charge >= 0.3 is 0 Å². The second kappa shape index (κ2) is 16.7. The Balaban J connectivity index is 0.831. The normalized spacial score (nSPS) is 11.7. The van der Waals surface area contributed by atoms with Crippen molar-refractivity contribution in [2.75, 3.05) is 4.90 Å². The van der Waals surface area contributed by atoms with Crippen LogP contribution >= 0.6 is 0 Å². The predicted molar refractivity (Wildman–Crippen MR) is 299 cm³/mol. The Morgan fingerprint density at radius 1 is 0.282 bits per heavy atom. The van der Waals surface area contributed by atoms with Crippen molar-refractivity contribution < 1.29 is 4.42 Å². The molecule has 0 saturated carbocycles. The summed E-state index contributed by atoms with van der Waals surface area (Å²) in [6, 6.07) is 96.7. The van der Waals surface area contributed by atoms with Crippen LogP contribution in [0.15, 0.2) is 271 Å². The lowest BCUT2D eigenvalue weighted by Crippen LogP contribution is -2.10. The highest BCUT2D eigenvalue weighted by Gasteiger charge is 2.18. The van der Waals surface area contributed by atoms with E-state index in [2.05, 4.69) is 264 Å². The Labute approximate surface area is 411 Å². The second-order valence-electron chi connectivity index (χ2n) is 18.4.